The summed E-state index contributed by atoms with van der Waals surface area (Å²) in [4.78, 5) is 52.4. The molecule has 35 heavy (non-hydrogen) atoms. The number of alkyl halides is 2. The summed E-state index contributed by atoms with van der Waals surface area (Å²) in [5.74, 6) is -3.02. The number of fused-ring (bicyclic) bond motifs is 5. The Labute approximate surface area is 212 Å². The lowest BCUT2D eigenvalue weighted by Gasteiger charge is -2.28. The Morgan fingerprint density at radius 1 is 1.00 bits per heavy atom. The summed E-state index contributed by atoms with van der Waals surface area (Å²) in [6, 6.07) is 11.7. The smallest absolute Gasteiger partial charge is 0.338 e. The predicted octanol–water partition coefficient (Wildman–Crippen LogP) is 4.07. The number of anilines is 2. The van der Waals surface area contributed by atoms with Crippen LogP contribution in [0.2, 0.25) is 0 Å². The summed E-state index contributed by atoms with van der Waals surface area (Å²) < 4.78 is 5.17. The molecule has 3 fully saturated rings. The molecule has 7 nitrogen and oxygen atoms in total. The molecule has 0 unspecified atom stereocenters. The summed E-state index contributed by atoms with van der Waals surface area (Å²) in [6.07, 6.45) is 0.680. The molecule has 1 aliphatic heterocycles. The number of ether oxygens (including phenoxy) is 1. The number of amides is 3. The number of benzene rings is 2. The minimum Gasteiger partial charge on any atom is -0.452 e. The maximum absolute atomic E-state index is 13.2. The summed E-state index contributed by atoms with van der Waals surface area (Å²) in [5, 5.41) is 2.05. The van der Waals surface area contributed by atoms with Crippen LogP contribution in [0.5, 0.6) is 0 Å². The Kier molecular flexibility index (Phi) is 6.09. The number of hydrogen-bond donors (Lipinski definition) is 1. The van der Waals surface area contributed by atoms with Crippen molar-refractivity contribution in [2.75, 3.05) is 16.8 Å². The van der Waals surface area contributed by atoms with E-state index < -0.39 is 30.3 Å². The number of esters is 1. The fourth-order valence-corrected chi connectivity index (χ4v) is 6.62. The highest BCUT2D eigenvalue weighted by atomic mass is 35.5. The largest absolute Gasteiger partial charge is 0.452 e. The summed E-state index contributed by atoms with van der Waals surface area (Å²) in [6.45, 7) is 3.36. The molecule has 1 saturated heterocycles. The van der Waals surface area contributed by atoms with E-state index >= 15 is 0 Å². The van der Waals surface area contributed by atoms with E-state index in [0.29, 0.717) is 17.8 Å². The molecule has 1 heterocycles. The lowest BCUT2D eigenvalue weighted by molar-refractivity contribution is -0.123. The van der Waals surface area contributed by atoms with Gasteiger partial charge in [-0.15, -0.1) is 23.2 Å². The van der Waals surface area contributed by atoms with Gasteiger partial charge in [0.2, 0.25) is 11.8 Å². The molecule has 2 saturated carbocycles. The molecule has 2 bridgehead atoms. The number of halogens is 2. The number of aryl methyl sites for hydroxylation is 2. The molecule has 0 spiro atoms. The van der Waals surface area contributed by atoms with Crippen LogP contribution in [0.4, 0.5) is 11.4 Å². The van der Waals surface area contributed by atoms with Crippen LogP contribution in [0.3, 0.4) is 0 Å². The number of hydrogen-bond acceptors (Lipinski definition) is 5. The Morgan fingerprint density at radius 2 is 1.66 bits per heavy atom. The fraction of sp³-hybridized carbons (Fsp3) is 0.385. The number of carbonyl (C=O) groups excluding carboxylic acids is 4. The van der Waals surface area contributed by atoms with Gasteiger partial charge in [-0.1, -0.05) is 23.8 Å². The molecular weight excluding hydrogens is 491 g/mol. The van der Waals surface area contributed by atoms with Gasteiger partial charge in [0.05, 0.1) is 33.8 Å². The van der Waals surface area contributed by atoms with Gasteiger partial charge < -0.3 is 10.1 Å². The van der Waals surface area contributed by atoms with E-state index in [2.05, 4.69) is 5.32 Å². The van der Waals surface area contributed by atoms with Crippen molar-refractivity contribution >= 4 is 58.3 Å². The Morgan fingerprint density at radius 3 is 2.29 bits per heavy atom. The van der Waals surface area contributed by atoms with Crippen molar-refractivity contribution in [1.82, 2.24) is 0 Å². The van der Waals surface area contributed by atoms with Gasteiger partial charge in [-0.25, -0.2) is 4.79 Å². The first-order chi connectivity index (χ1) is 16.7. The van der Waals surface area contributed by atoms with Crippen LogP contribution < -0.4 is 10.2 Å². The maximum atomic E-state index is 13.2. The van der Waals surface area contributed by atoms with Gasteiger partial charge in [0.25, 0.3) is 5.91 Å². The minimum atomic E-state index is -0.733. The van der Waals surface area contributed by atoms with Gasteiger partial charge in [0, 0.05) is 5.69 Å². The average Bonchev–Trinajstić information content (AvgIpc) is 3.44. The molecule has 6 atom stereocenters. The molecule has 9 heteroatoms. The molecule has 0 radical (unpaired) electrons. The van der Waals surface area contributed by atoms with Gasteiger partial charge in [0.1, 0.15) is 0 Å². The molecule has 2 aromatic rings. The van der Waals surface area contributed by atoms with E-state index in [1.165, 1.54) is 12.1 Å². The van der Waals surface area contributed by atoms with E-state index in [1.54, 1.807) is 18.2 Å². The number of nitrogens with zero attached hydrogens (tertiary/aromatic N) is 1. The number of imide groups is 1. The molecule has 182 valence electrons. The normalized spacial score (nSPS) is 28.9. The highest BCUT2D eigenvalue weighted by Crippen LogP contribution is 2.59. The standard InChI is InChI=1S/C26H24Cl2N2O5/c1-12-6-7-18(13(2)8-12)29-19(31)11-35-26(34)14-4-3-5-15(9-14)30-24(32)20-16-10-17(21(20)25(30)33)23(28)22(16)27/h3-9,16-17,20-23H,10-11H2,1-2H3,(H,29,31)/t16-,17-,20-,21+,22+,23+/m1/s1. The summed E-state index contributed by atoms with van der Waals surface area (Å²) in [7, 11) is 0. The monoisotopic (exact) mass is 514 g/mol. The first-order valence-electron chi connectivity index (χ1n) is 11.5. The molecule has 3 amide bonds. The number of carbonyl (C=O) groups is 4. The first-order valence-corrected chi connectivity index (χ1v) is 12.3. The van der Waals surface area contributed by atoms with Gasteiger partial charge in [-0.3, -0.25) is 19.3 Å². The van der Waals surface area contributed by atoms with Crippen molar-refractivity contribution in [2.24, 2.45) is 23.7 Å². The molecule has 2 aromatic carbocycles. The molecule has 0 aromatic heterocycles. The minimum absolute atomic E-state index is 0.126. The topological polar surface area (TPSA) is 92.8 Å². The zero-order valence-electron chi connectivity index (χ0n) is 19.2. The highest BCUT2D eigenvalue weighted by Gasteiger charge is 2.66. The summed E-state index contributed by atoms with van der Waals surface area (Å²) in [5.41, 5.74) is 3.04. The van der Waals surface area contributed by atoms with Crippen LogP contribution in [0.15, 0.2) is 42.5 Å². The van der Waals surface area contributed by atoms with E-state index in [1.807, 2.05) is 26.0 Å². The Balaban J connectivity index is 1.26. The van der Waals surface area contributed by atoms with E-state index in [-0.39, 0.29) is 40.0 Å². The van der Waals surface area contributed by atoms with Crippen molar-refractivity contribution in [3.8, 4) is 0 Å². The van der Waals surface area contributed by atoms with E-state index in [0.717, 1.165) is 16.0 Å². The third-order valence-corrected chi connectivity index (χ3v) is 8.64. The van der Waals surface area contributed by atoms with Crippen molar-refractivity contribution in [3.05, 3.63) is 59.2 Å². The number of nitrogens with one attached hydrogen (secondary N) is 1. The first kappa shape index (κ1) is 23.8. The summed E-state index contributed by atoms with van der Waals surface area (Å²) >= 11 is 12.8. The molecule has 1 N–H and O–H groups in total. The van der Waals surface area contributed by atoms with Crippen molar-refractivity contribution in [2.45, 2.75) is 31.0 Å². The van der Waals surface area contributed by atoms with E-state index in [9.17, 15) is 19.2 Å². The van der Waals surface area contributed by atoms with E-state index in [4.69, 9.17) is 27.9 Å². The molecular formula is C26H24Cl2N2O5. The highest BCUT2D eigenvalue weighted by molar-refractivity contribution is 6.32. The Bertz CT molecular complexity index is 1220. The van der Waals surface area contributed by atoms with Gasteiger partial charge >= 0.3 is 5.97 Å². The van der Waals surface area contributed by atoms with Crippen LogP contribution in [0.1, 0.15) is 27.9 Å². The van der Waals surface area contributed by atoms with Crippen LogP contribution in [-0.4, -0.2) is 41.1 Å². The van der Waals surface area contributed by atoms with Crippen LogP contribution in [0, 0.1) is 37.5 Å². The third-order valence-electron chi connectivity index (χ3n) is 7.32. The average molecular weight is 515 g/mol. The lowest BCUT2D eigenvalue weighted by atomic mass is 9.80. The zero-order valence-corrected chi connectivity index (χ0v) is 20.7. The van der Waals surface area contributed by atoms with Crippen molar-refractivity contribution in [3.63, 3.8) is 0 Å². The molecule has 5 rings (SSSR count). The second kappa shape index (κ2) is 8.95. The van der Waals surface area contributed by atoms with Crippen LogP contribution >= 0.6 is 23.2 Å². The zero-order chi connectivity index (χ0) is 25.0. The Hall–Kier alpha value is -2.90. The SMILES string of the molecule is Cc1ccc(NC(=O)COC(=O)c2cccc(N3C(=O)[C@@H]4[C@H]5C[C@@H]([C@H](Cl)[C@H]5Cl)[C@@H]4C3=O)c2)c(C)c1. The van der Waals surface area contributed by atoms with Crippen molar-refractivity contribution < 1.29 is 23.9 Å². The fourth-order valence-electron chi connectivity index (χ4n) is 5.73. The van der Waals surface area contributed by atoms with Crippen molar-refractivity contribution in [1.29, 1.82) is 0 Å². The van der Waals surface area contributed by atoms with Gasteiger partial charge in [-0.05, 0) is 61.9 Å². The molecule has 3 aliphatic rings. The van der Waals surface area contributed by atoms with Crippen LogP contribution in [-0.2, 0) is 19.1 Å². The maximum Gasteiger partial charge on any atom is 0.338 e. The lowest BCUT2D eigenvalue weighted by Crippen LogP contribution is -2.37. The quantitative estimate of drug-likeness (QED) is 0.368. The third kappa shape index (κ3) is 4.00. The molecule has 2 aliphatic carbocycles. The predicted molar refractivity (Wildman–Crippen MR) is 132 cm³/mol. The van der Waals surface area contributed by atoms with Gasteiger partial charge in [-0.2, -0.15) is 0 Å². The van der Waals surface area contributed by atoms with Gasteiger partial charge in [0.15, 0.2) is 6.61 Å². The van der Waals surface area contributed by atoms with Crippen LogP contribution in [0.25, 0.3) is 0 Å². The second-order valence-corrected chi connectivity index (χ2v) is 10.5. The number of rotatable bonds is 5. The second-order valence-electron chi connectivity index (χ2n) is 9.51.